The van der Waals surface area contributed by atoms with E-state index < -0.39 is 0 Å². The summed E-state index contributed by atoms with van der Waals surface area (Å²) in [4.78, 5) is 0. The molecule has 0 aliphatic heterocycles. The van der Waals surface area contributed by atoms with Crippen molar-refractivity contribution in [3.63, 3.8) is 0 Å². The van der Waals surface area contributed by atoms with Crippen molar-refractivity contribution in [1.29, 1.82) is 0 Å². The van der Waals surface area contributed by atoms with Gasteiger partial charge in [0.2, 0.25) is 0 Å². The summed E-state index contributed by atoms with van der Waals surface area (Å²) in [6.45, 7) is 2.20. The summed E-state index contributed by atoms with van der Waals surface area (Å²) < 4.78 is 0. The highest BCUT2D eigenvalue weighted by molar-refractivity contribution is 5.05. The number of aliphatic hydroxyl groups is 1. The topological polar surface area (TPSA) is 20.2 Å². The summed E-state index contributed by atoms with van der Waals surface area (Å²) in [5.41, 5.74) is -0.334. The Morgan fingerprint density at radius 2 is 1.24 bits per heavy atom. The molecule has 1 N–H and O–H groups in total. The molecule has 0 aromatic heterocycles. The molecular weight excluding hydrogens is 208 g/mol. The fourth-order valence-electron chi connectivity index (χ4n) is 6.20. The first-order chi connectivity index (χ1) is 8.14. The lowest BCUT2D eigenvalue weighted by Gasteiger charge is -2.43. The number of hydrogen-bond donors (Lipinski definition) is 1. The summed E-state index contributed by atoms with van der Waals surface area (Å²) in [7, 11) is 0. The monoisotopic (exact) mass is 234 g/mol. The van der Waals surface area contributed by atoms with Crippen molar-refractivity contribution in [1.82, 2.24) is 0 Å². The van der Waals surface area contributed by atoms with Crippen molar-refractivity contribution in [3.05, 3.63) is 0 Å². The lowest BCUT2D eigenvalue weighted by Crippen LogP contribution is -2.46. The number of rotatable bonds is 2. The molecule has 0 aromatic carbocycles. The lowest BCUT2D eigenvalue weighted by molar-refractivity contribution is -0.0889. The Balaban J connectivity index is 1.55. The van der Waals surface area contributed by atoms with Gasteiger partial charge < -0.3 is 5.11 Å². The van der Waals surface area contributed by atoms with E-state index in [1.807, 2.05) is 0 Å². The highest BCUT2D eigenvalue weighted by Crippen LogP contribution is 2.59. The van der Waals surface area contributed by atoms with Crippen LogP contribution in [0.3, 0.4) is 0 Å². The van der Waals surface area contributed by atoms with Gasteiger partial charge >= 0.3 is 0 Å². The van der Waals surface area contributed by atoms with Crippen LogP contribution in [0.1, 0.15) is 58.3 Å². The van der Waals surface area contributed by atoms with Gasteiger partial charge in [0.1, 0.15) is 0 Å². The molecule has 1 heteroatoms. The second-order valence-corrected chi connectivity index (χ2v) is 7.79. The van der Waals surface area contributed by atoms with E-state index in [0.717, 1.165) is 23.7 Å². The first-order valence-electron chi connectivity index (χ1n) is 7.87. The smallest absolute Gasteiger partial charge is 0.0681 e. The molecule has 4 rings (SSSR count). The van der Waals surface area contributed by atoms with Crippen LogP contribution in [-0.4, -0.2) is 10.7 Å². The minimum Gasteiger partial charge on any atom is -0.390 e. The van der Waals surface area contributed by atoms with E-state index >= 15 is 0 Å². The van der Waals surface area contributed by atoms with E-state index in [9.17, 15) is 5.11 Å². The van der Waals surface area contributed by atoms with Gasteiger partial charge in [0.25, 0.3) is 0 Å². The van der Waals surface area contributed by atoms with Gasteiger partial charge in [-0.05, 0) is 81.0 Å². The standard InChI is InChI=1S/C16H26O/c1-16(17,14-8-10-2-4-12(14)6-10)15-9-11-3-5-13(15)7-11/h10-15,17H,2-9H2,1H3. The molecule has 96 valence electrons. The Kier molecular flexibility index (Phi) is 2.23. The van der Waals surface area contributed by atoms with Crippen LogP contribution >= 0.6 is 0 Å². The molecule has 0 amide bonds. The van der Waals surface area contributed by atoms with Gasteiger partial charge in [-0.25, -0.2) is 0 Å². The molecule has 6 atom stereocenters. The van der Waals surface area contributed by atoms with E-state index in [1.165, 1.54) is 51.4 Å². The van der Waals surface area contributed by atoms with Gasteiger partial charge in [-0.3, -0.25) is 0 Å². The second-order valence-electron chi connectivity index (χ2n) is 7.79. The molecule has 0 heterocycles. The van der Waals surface area contributed by atoms with Gasteiger partial charge in [0.15, 0.2) is 0 Å². The van der Waals surface area contributed by atoms with Crippen molar-refractivity contribution in [3.8, 4) is 0 Å². The van der Waals surface area contributed by atoms with E-state index in [2.05, 4.69) is 6.92 Å². The third kappa shape index (κ3) is 1.47. The molecule has 4 aliphatic rings. The summed E-state index contributed by atoms with van der Waals surface area (Å²) in [5.74, 6) is 4.96. The fraction of sp³-hybridized carbons (Fsp3) is 1.00. The maximum Gasteiger partial charge on any atom is 0.0681 e. The van der Waals surface area contributed by atoms with Gasteiger partial charge in [0, 0.05) is 0 Å². The van der Waals surface area contributed by atoms with Crippen LogP contribution in [0.25, 0.3) is 0 Å². The van der Waals surface area contributed by atoms with E-state index in [0.29, 0.717) is 11.8 Å². The van der Waals surface area contributed by atoms with Crippen molar-refractivity contribution in [2.24, 2.45) is 35.5 Å². The Hall–Kier alpha value is -0.0400. The van der Waals surface area contributed by atoms with Crippen LogP contribution in [0.2, 0.25) is 0 Å². The highest BCUT2D eigenvalue weighted by Gasteiger charge is 2.55. The summed E-state index contributed by atoms with van der Waals surface area (Å²) >= 11 is 0. The van der Waals surface area contributed by atoms with Crippen LogP contribution in [0.4, 0.5) is 0 Å². The molecule has 6 unspecified atom stereocenters. The average Bonchev–Trinajstić information content (AvgIpc) is 3.07. The van der Waals surface area contributed by atoms with Crippen LogP contribution in [-0.2, 0) is 0 Å². The van der Waals surface area contributed by atoms with E-state index in [-0.39, 0.29) is 5.60 Å². The normalized spacial score (nSPS) is 55.4. The van der Waals surface area contributed by atoms with Gasteiger partial charge in [0.05, 0.1) is 5.60 Å². The molecule has 0 spiro atoms. The molecule has 4 saturated carbocycles. The predicted octanol–water partition coefficient (Wildman–Crippen LogP) is 3.61. The van der Waals surface area contributed by atoms with Crippen molar-refractivity contribution in [2.75, 3.05) is 0 Å². The van der Waals surface area contributed by atoms with Gasteiger partial charge in [-0.1, -0.05) is 12.8 Å². The van der Waals surface area contributed by atoms with E-state index in [4.69, 9.17) is 0 Å². The molecule has 0 aromatic rings. The highest BCUT2D eigenvalue weighted by atomic mass is 16.3. The zero-order valence-corrected chi connectivity index (χ0v) is 11.1. The summed E-state index contributed by atoms with van der Waals surface area (Å²) in [6, 6.07) is 0. The molecule has 0 saturated heterocycles. The van der Waals surface area contributed by atoms with Crippen molar-refractivity contribution in [2.45, 2.75) is 63.9 Å². The number of hydrogen-bond acceptors (Lipinski definition) is 1. The Labute approximate surface area is 105 Å². The van der Waals surface area contributed by atoms with Gasteiger partial charge in [-0.2, -0.15) is 0 Å². The van der Waals surface area contributed by atoms with Crippen LogP contribution < -0.4 is 0 Å². The predicted molar refractivity (Wildman–Crippen MR) is 68.5 cm³/mol. The molecule has 0 radical (unpaired) electrons. The molecule has 4 aliphatic carbocycles. The second kappa shape index (κ2) is 3.50. The molecular formula is C16H26O. The molecule has 4 fully saturated rings. The van der Waals surface area contributed by atoms with Crippen LogP contribution in [0.5, 0.6) is 0 Å². The van der Waals surface area contributed by atoms with Gasteiger partial charge in [-0.15, -0.1) is 0 Å². The van der Waals surface area contributed by atoms with Crippen LogP contribution in [0, 0.1) is 35.5 Å². The quantitative estimate of drug-likeness (QED) is 0.774. The molecule has 1 nitrogen and oxygen atoms in total. The van der Waals surface area contributed by atoms with Crippen molar-refractivity contribution >= 4 is 0 Å². The summed E-state index contributed by atoms with van der Waals surface area (Å²) in [6.07, 6.45) is 11.3. The number of fused-ring (bicyclic) bond motifs is 4. The van der Waals surface area contributed by atoms with E-state index in [1.54, 1.807) is 0 Å². The summed E-state index contributed by atoms with van der Waals surface area (Å²) in [5, 5.41) is 11.2. The molecule has 17 heavy (non-hydrogen) atoms. The van der Waals surface area contributed by atoms with Crippen LogP contribution in [0.15, 0.2) is 0 Å². The lowest BCUT2D eigenvalue weighted by atomic mass is 9.66. The maximum atomic E-state index is 11.2. The average molecular weight is 234 g/mol. The fourth-order valence-corrected chi connectivity index (χ4v) is 6.20. The molecule has 4 bridgehead atoms. The largest absolute Gasteiger partial charge is 0.390 e. The third-order valence-corrected chi connectivity index (χ3v) is 6.98. The SMILES string of the molecule is CC(O)(C1CC2CCC1C2)C1CC2CCC1C2. The Bertz CT molecular complexity index is 291. The maximum absolute atomic E-state index is 11.2. The zero-order valence-electron chi connectivity index (χ0n) is 11.1. The first-order valence-corrected chi connectivity index (χ1v) is 7.87. The minimum absolute atomic E-state index is 0.334. The Morgan fingerprint density at radius 3 is 1.53 bits per heavy atom. The third-order valence-electron chi connectivity index (χ3n) is 6.98. The van der Waals surface area contributed by atoms with Crippen molar-refractivity contribution < 1.29 is 5.11 Å². The zero-order chi connectivity index (χ0) is 11.6. The minimum atomic E-state index is -0.334. The Morgan fingerprint density at radius 1 is 0.765 bits per heavy atom. The first kappa shape index (κ1) is 10.8.